The van der Waals surface area contributed by atoms with Gasteiger partial charge in [0.05, 0.1) is 0 Å². The van der Waals surface area contributed by atoms with Crippen LogP contribution in [0.4, 0.5) is 4.39 Å². The minimum Gasteiger partial charge on any atom is -0.409 e. The average Bonchev–Trinajstić information content (AvgIpc) is 2.46. The predicted molar refractivity (Wildman–Crippen MR) is 68.4 cm³/mol. The zero-order valence-corrected chi connectivity index (χ0v) is 10.4. The molecule has 0 spiro atoms. The number of rotatable bonds is 2. The predicted octanol–water partition coefficient (Wildman–Crippen LogP) is 1.42. The number of hydrogen-bond acceptors (Lipinski definition) is 3. The maximum absolute atomic E-state index is 12.8. The number of piperidine rings is 1. The monoisotopic (exact) mass is 265 g/mol. The number of amidine groups is 1. The van der Waals surface area contributed by atoms with E-state index in [1.807, 2.05) is 0 Å². The summed E-state index contributed by atoms with van der Waals surface area (Å²) in [5, 5.41) is 11.6. The molecule has 6 heteroatoms. The molecule has 0 aromatic heterocycles. The summed E-state index contributed by atoms with van der Waals surface area (Å²) in [4.78, 5) is 13.9. The van der Waals surface area contributed by atoms with Gasteiger partial charge in [-0.1, -0.05) is 5.16 Å². The summed E-state index contributed by atoms with van der Waals surface area (Å²) in [7, 11) is 0. The van der Waals surface area contributed by atoms with Crippen molar-refractivity contribution in [2.24, 2.45) is 16.8 Å². The van der Waals surface area contributed by atoms with Gasteiger partial charge in [-0.25, -0.2) is 4.39 Å². The Balaban J connectivity index is 1.98. The number of nitrogens with zero attached hydrogens (tertiary/aromatic N) is 2. The molecule has 1 heterocycles. The first-order chi connectivity index (χ1) is 9.11. The summed E-state index contributed by atoms with van der Waals surface area (Å²) in [5.74, 6) is -0.240. The fraction of sp³-hybridized carbons (Fsp3) is 0.385. The van der Waals surface area contributed by atoms with E-state index < -0.39 is 0 Å². The molecule has 0 aliphatic carbocycles. The zero-order chi connectivity index (χ0) is 13.8. The van der Waals surface area contributed by atoms with Crippen LogP contribution in [0.5, 0.6) is 0 Å². The van der Waals surface area contributed by atoms with E-state index in [9.17, 15) is 9.18 Å². The van der Waals surface area contributed by atoms with Crippen LogP contribution in [-0.2, 0) is 0 Å². The first-order valence-corrected chi connectivity index (χ1v) is 6.14. The Morgan fingerprint density at radius 1 is 1.32 bits per heavy atom. The maximum Gasteiger partial charge on any atom is 0.253 e. The van der Waals surface area contributed by atoms with Gasteiger partial charge in [-0.3, -0.25) is 4.79 Å². The van der Waals surface area contributed by atoms with E-state index >= 15 is 0 Å². The van der Waals surface area contributed by atoms with Crippen molar-refractivity contribution >= 4 is 11.7 Å². The number of halogens is 1. The number of amides is 1. The molecule has 1 fully saturated rings. The molecule has 1 amide bonds. The summed E-state index contributed by atoms with van der Waals surface area (Å²) in [5.41, 5.74) is 6.03. The molecule has 1 aromatic carbocycles. The molecule has 0 saturated carbocycles. The Kier molecular flexibility index (Phi) is 3.99. The topological polar surface area (TPSA) is 78.9 Å². The van der Waals surface area contributed by atoms with Gasteiger partial charge in [0.25, 0.3) is 5.91 Å². The number of carbonyl (C=O) groups excluding carboxylic acids is 1. The van der Waals surface area contributed by atoms with Crippen LogP contribution in [-0.4, -0.2) is 34.9 Å². The summed E-state index contributed by atoms with van der Waals surface area (Å²) in [6, 6.07) is 5.51. The smallest absolute Gasteiger partial charge is 0.253 e. The third-order valence-corrected chi connectivity index (χ3v) is 3.41. The molecule has 1 aliphatic rings. The Labute approximate surface area is 110 Å². The van der Waals surface area contributed by atoms with Crippen LogP contribution >= 0.6 is 0 Å². The Bertz CT molecular complexity index is 479. The molecule has 0 atom stereocenters. The number of nitrogens with two attached hydrogens (primary N) is 1. The first-order valence-electron chi connectivity index (χ1n) is 6.14. The van der Waals surface area contributed by atoms with Crippen LogP contribution in [0.15, 0.2) is 29.4 Å². The van der Waals surface area contributed by atoms with Crippen LogP contribution in [0, 0.1) is 11.7 Å². The third-order valence-electron chi connectivity index (χ3n) is 3.41. The number of likely N-dealkylation sites (tertiary alicyclic amines) is 1. The molecular formula is C13H16FN3O2. The highest BCUT2D eigenvalue weighted by molar-refractivity contribution is 5.94. The number of hydrogen-bond donors (Lipinski definition) is 2. The molecule has 0 bridgehead atoms. The van der Waals surface area contributed by atoms with Gasteiger partial charge in [-0.15, -0.1) is 0 Å². The zero-order valence-electron chi connectivity index (χ0n) is 10.4. The largest absolute Gasteiger partial charge is 0.409 e. The molecule has 19 heavy (non-hydrogen) atoms. The molecule has 1 aromatic rings. The number of oxime groups is 1. The Morgan fingerprint density at radius 3 is 2.42 bits per heavy atom. The van der Waals surface area contributed by atoms with E-state index in [2.05, 4.69) is 5.16 Å². The molecule has 5 nitrogen and oxygen atoms in total. The Hall–Kier alpha value is -2.11. The second-order valence-electron chi connectivity index (χ2n) is 4.60. The molecule has 3 N–H and O–H groups in total. The summed E-state index contributed by atoms with van der Waals surface area (Å²) in [6.07, 6.45) is 1.34. The Morgan fingerprint density at radius 2 is 1.89 bits per heavy atom. The maximum atomic E-state index is 12.8. The lowest BCUT2D eigenvalue weighted by Gasteiger charge is -2.31. The summed E-state index contributed by atoms with van der Waals surface area (Å²) >= 11 is 0. The molecule has 102 valence electrons. The van der Waals surface area contributed by atoms with Gasteiger partial charge in [0.15, 0.2) is 0 Å². The van der Waals surface area contributed by atoms with Gasteiger partial charge >= 0.3 is 0 Å². The van der Waals surface area contributed by atoms with Crippen molar-refractivity contribution in [2.45, 2.75) is 12.8 Å². The van der Waals surface area contributed by atoms with Crippen molar-refractivity contribution in [2.75, 3.05) is 13.1 Å². The lowest BCUT2D eigenvalue weighted by Crippen LogP contribution is -2.41. The van der Waals surface area contributed by atoms with Crippen molar-refractivity contribution < 1.29 is 14.4 Å². The molecule has 2 rings (SSSR count). The van der Waals surface area contributed by atoms with Crippen LogP contribution in [0.1, 0.15) is 23.2 Å². The fourth-order valence-corrected chi connectivity index (χ4v) is 2.24. The quantitative estimate of drug-likeness (QED) is 0.367. The van der Waals surface area contributed by atoms with Gasteiger partial charge in [0, 0.05) is 24.6 Å². The highest BCUT2D eigenvalue weighted by atomic mass is 19.1. The highest BCUT2D eigenvalue weighted by Crippen LogP contribution is 2.19. The van der Waals surface area contributed by atoms with Crippen molar-refractivity contribution in [1.82, 2.24) is 4.90 Å². The second-order valence-corrected chi connectivity index (χ2v) is 4.60. The van der Waals surface area contributed by atoms with Crippen LogP contribution in [0.25, 0.3) is 0 Å². The van der Waals surface area contributed by atoms with Gasteiger partial charge in [0.2, 0.25) is 0 Å². The lowest BCUT2D eigenvalue weighted by atomic mass is 9.95. The molecular weight excluding hydrogens is 249 g/mol. The third kappa shape index (κ3) is 3.01. The SMILES string of the molecule is NC(=NO)C1CCN(C(=O)c2ccc(F)cc2)CC1. The fourth-order valence-electron chi connectivity index (χ4n) is 2.24. The summed E-state index contributed by atoms with van der Waals surface area (Å²) < 4.78 is 12.8. The lowest BCUT2D eigenvalue weighted by molar-refractivity contribution is 0.0709. The van der Waals surface area contributed by atoms with Gasteiger partial charge in [-0.05, 0) is 37.1 Å². The van der Waals surface area contributed by atoms with E-state index in [0.717, 1.165) is 0 Å². The van der Waals surface area contributed by atoms with Crippen LogP contribution in [0.2, 0.25) is 0 Å². The molecule has 0 unspecified atom stereocenters. The molecule has 0 radical (unpaired) electrons. The van der Waals surface area contributed by atoms with E-state index in [1.165, 1.54) is 24.3 Å². The van der Waals surface area contributed by atoms with E-state index in [0.29, 0.717) is 31.5 Å². The van der Waals surface area contributed by atoms with Crippen molar-refractivity contribution in [1.29, 1.82) is 0 Å². The first kappa shape index (κ1) is 13.3. The van der Waals surface area contributed by atoms with E-state index in [4.69, 9.17) is 10.9 Å². The van der Waals surface area contributed by atoms with Crippen molar-refractivity contribution in [3.63, 3.8) is 0 Å². The van der Waals surface area contributed by atoms with Gasteiger partial charge < -0.3 is 15.8 Å². The van der Waals surface area contributed by atoms with Crippen LogP contribution in [0.3, 0.4) is 0 Å². The minimum atomic E-state index is -0.359. The average molecular weight is 265 g/mol. The summed E-state index contributed by atoms with van der Waals surface area (Å²) in [6.45, 7) is 1.11. The second kappa shape index (κ2) is 5.69. The van der Waals surface area contributed by atoms with E-state index in [-0.39, 0.29) is 23.5 Å². The number of carbonyl (C=O) groups is 1. The van der Waals surface area contributed by atoms with Crippen molar-refractivity contribution in [3.8, 4) is 0 Å². The highest BCUT2D eigenvalue weighted by Gasteiger charge is 2.25. The molecule has 1 aliphatic heterocycles. The van der Waals surface area contributed by atoms with Crippen molar-refractivity contribution in [3.05, 3.63) is 35.6 Å². The normalized spacial score (nSPS) is 17.5. The van der Waals surface area contributed by atoms with Gasteiger partial charge in [0.1, 0.15) is 11.7 Å². The van der Waals surface area contributed by atoms with Gasteiger partial charge in [-0.2, -0.15) is 0 Å². The van der Waals surface area contributed by atoms with Crippen LogP contribution < -0.4 is 5.73 Å². The standard InChI is InChI=1S/C13H16FN3O2/c14-11-3-1-10(2-4-11)13(18)17-7-5-9(6-8-17)12(15)16-19/h1-4,9,19H,5-8H2,(H2,15,16). The van der Waals surface area contributed by atoms with E-state index in [1.54, 1.807) is 4.90 Å². The number of benzene rings is 1. The minimum absolute atomic E-state index is 0.0160. The molecule has 1 saturated heterocycles.